The number of benzene rings is 2. The van der Waals surface area contributed by atoms with Gasteiger partial charge in [0.15, 0.2) is 22.5 Å². The highest BCUT2D eigenvalue weighted by atomic mass is 16.7. The third-order valence-corrected chi connectivity index (χ3v) is 7.43. The summed E-state index contributed by atoms with van der Waals surface area (Å²) in [5.74, 6) is -2.09. The average molecular weight is 579 g/mol. The second kappa shape index (κ2) is 10.7. The Morgan fingerprint density at radius 1 is 0.707 bits per heavy atom. The van der Waals surface area contributed by atoms with Crippen molar-refractivity contribution in [3.05, 3.63) is 46.1 Å². The molecule has 3 aromatic rings. The minimum Gasteiger partial charge on any atom is -0.507 e. The molecule has 0 radical (unpaired) electrons. The third-order valence-electron chi connectivity index (χ3n) is 7.43. The number of phenolic OH excluding ortho intramolecular Hbond substituents is 3. The van der Waals surface area contributed by atoms with E-state index in [4.69, 9.17) is 18.6 Å². The van der Waals surface area contributed by atoms with Crippen molar-refractivity contribution in [2.24, 2.45) is 0 Å². The summed E-state index contributed by atoms with van der Waals surface area (Å²) in [4.78, 5) is 13.2. The van der Waals surface area contributed by atoms with Gasteiger partial charge in [-0.2, -0.15) is 0 Å². The number of fused-ring (bicyclic) bond motifs is 1. The second-order valence-corrected chi connectivity index (χ2v) is 10.2. The highest BCUT2D eigenvalue weighted by Gasteiger charge is 2.47. The summed E-state index contributed by atoms with van der Waals surface area (Å²) in [5, 5.41) is 92.7. The van der Waals surface area contributed by atoms with Crippen LogP contribution in [0.25, 0.3) is 22.3 Å². The first-order chi connectivity index (χ1) is 19.3. The lowest BCUT2D eigenvalue weighted by Gasteiger charge is -2.41. The van der Waals surface area contributed by atoms with E-state index in [0.717, 1.165) is 24.3 Å². The molecule has 1 aromatic heterocycles. The molecule has 4 unspecified atom stereocenters. The number of aromatic hydroxyl groups is 3. The maximum Gasteiger partial charge on any atom is 0.229 e. The lowest BCUT2D eigenvalue weighted by Crippen LogP contribution is -2.58. The SMILES string of the molecule is CC1O[C@@H](Oc2cc(O)c3c(=O)cc(-c4ccc(O)c(O)c4)oc3c2[C@@H]2O[C@@H](C)[C@H](O)C(O)C2O)C(O)[C@@H](O)[C@H]1O. The molecule has 9 N–H and O–H groups in total. The fraction of sp³-hybridized carbons (Fsp3) is 0.444. The molecule has 0 saturated carbocycles. The molecule has 0 amide bonds. The molecule has 14 nitrogen and oxygen atoms in total. The van der Waals surface area contributed by atoms with Gasteiger partial charge in [0.05, 0.1) is 17.8 Å². The standard InChI is InChI=1S/C27H30O14/c1-8-19(32)21(34)23(36)26(38-8)18-16(41-27-24(37)22(35)20(33)9(2)39-27)7-14(31)17-13(30)6-15(40-25(17)18)10-3-4-11(28)12(29)5-10/h3-9,19-24,26-29,31-37H,1-2H3/t8-,9?,19-,20-,21?,22-,23?,24?,26-,27-/m0/s1. The first-order valence-electron chi connectivity index (χ1n) is 12.7. The zero-order valence-electron chi connectivity index (χ0n) is 21.7. The fourth-order valence-electron chi connectivity index (χ4n) is 5.02. The van der Waals surface area contributed by atoms with Crippen molar-refractivity contribution in [3.8, 4) is 34.3 Å². The summed E-state index contributed by atoms with van der Waals surface area (Å²) in [5.41, 5.74) is -1.23. The molecule has 0 aliphatic carbocycles. The number of hydrogen-bond acceptors (Lipinski definition) is 14. The van der Waals surface area contributed by atoms with Crippen LogP contribution in [0.1, 0.15) is 25.5 Å². The topological polar surface area (TPSA) is 240 Å². The number of ether oxygens (including phenoxy) is 3. The highest BCUT2D eigenvalue weighted by Crippen LogP contribution is 2.45. The van der Waals surface area contributed by atoms with Gasteiger partial charge in [0, 0.05) is 17.7 Å². The van der Waals surface area contributed by atoms with Gasteiger partial charge < -0.3 is 64.6 Å². The Bertz CT molecular complexity index is 1500. The van der Waals surface area contributed by atoms with Crippen molar-refractivity contribution >= 4 is 11.0 Å². The zero-order chi connectivity index (χ0) is 29.9. The summed E-state index contributed by atoms with van der Waals surface area (Å²) in [6, 6.07) is 5.60. The molecule has 14 heteroatoms. The minimum absolute atomic E-state index is 0.141. The van der Waals surface area contributed by atoms with Gasteiger partial charge in [-0.1, -0.05) is 0 Å². The monoisotopic (exact) mass is 578 g/mol. The van der Waals surface area contributed by atoms with E-state index in [9.17, 15) is 50.8 Å². The predicted molar refractivity (Wildman–Crippen MR) is 137 cm³/mol. The molecule has 0 spiro atoms. The molecular weight excluding hydrogens is 548 g/mol. The van der Waals surface area contributed by atoms with E-state index in [1.807, 2.05) is 0 Å². The van der Waals surface area contributed by atoms with E-state index >= 15 is 0 Å². The number of aliphatic hydroxyl groups is 6. The molecule has 2 aromatic carbocycles. The van der Waals surface area contributed by atoms with Crippen LogP contribution < -0.4 is 10.2 Å². The van der Waals surface area contributed by atoms with Gasteiger partial charge >= 0.3 is 0 Å². The summed E-state index contributed by atoms with van der Waals surface area (Å²) in [7, 11) is 0. The molecule has 3 heterocycles. The molecule has 2 aliphatic heterocycles. The van der Waals surface area contributed by atoms with E-state index < -0.39 is 83.9 Å². The van der Waals surface area contributed by atoms with Gasteiger partial charge in [0.2, 0.25) is 6.29 Å². The van der Waals surface area contributed by atoms with Crippen LogP contribution in [-0.4, -0.2) is 101 Å². The number of aliphatic hydroxyl groups excluding tert-OH is 6. The Kier molecular flexibility index (Phi) is 7.61. The van der Waals surface area contributed by atoms with Crippen LogP contribution in [0.15, 0.2) is 39.5 Å². The van der Waals surface area contributed by atoms with Crippen LogP contribution in [-0.2, 0) is 9.47 Å². The third kappa shape index (κ3) is 4.98. The molecule has 0 bridgehead atoms. The first kappa shape index (κ1) is 29.0. The normalized spacial score (nSPS) is 34.0. The molecule has 5 rings (SSSR count). The van der Waals surface area contributed by atoms with Crippen molar-refractivity contribution in [1.29, 1.82) is 0 Å². The van der Waals surface area contributed by atoms with Crippen LogP contribution >= 0.6 is 0 Å². The smallest absolute Gasteiger partial charge is 0.229 e. The van der Waals surface area contributed by atoms with Gasteiger partial charge in [-0.25, -0.2) is 0 Å². The Morgan fingerprint density at radius 3 is 2.00 bits per heavy atom. The minimum atomic E-state index is -1.81. The quantitative estimate of drug-likeness (QED) is 0.174. The molecule has 41 heavy (non-hydrogen) atoms. The largest absolute Gasteiger partial charge is 0.507 e. The van der Waals surface area contributed by atoms with Gasteiger partial charge in [-0.3, -0.25) is 4.79 Å². The Morgan fingerprint density at radius 2 is 1.34 bits per heavy atom. The van der Waals surface area contributed by atoms with Crippen molar-refractivity contribution in [3.63, 3.8) is 0 Å². The van der Waals surface area contributed by atoms with Crippen LogP contribution in [0.3, 0.4) is 0 Å². The Balaban J connectivity index is 1.74. The maximum atomic E-state index is 13.2. The van der Waals surface area contributed by atoms with Crippen molar-refractivity contribution in [1.82, 2.24) is 0 Å². The number of phenols is 3. The fourth-order valence-corrected chi connectivity index (χ4v) is 5.02. The second-order valence-electron chi connectivity index (χ2n) is 10.2. The lowest BCUT2D eigenvalue weighted by atomic mass is 9.90. The zero-order valence-corrected chi connectivity index (χ0v) is 21.7. The van der Waals surface area contributed by atoms with Gasteiger partial charge in [-0.15, -0.1) is 0 Å². The van der Waals surface area contributed by atoms with Crippen LogP contribution in [0.5, 0.6) is 23.0 Å². The van der Waals surface area contributed by atoms with E-state index in [-0.39, 0.29) is 33.6 Å². The Hall–Kier alpha value is -3.47. The summed E-state index contributed by atoms with van der Waals surface area (Å²) < 4.78 is 23.1. The number of rotatable bonds is 4. The lowest BCUT2D eigenvalue weighted by molar-refractivity contribution is -0.268. The van der Waals surface area contributed by atoms with Crippen molar-refractivity contribution < 1.29 is 64.6 Å². The van der Waals surface area contributed by atoms with Gasteiger partial charge in [0.25, 0.3) is 0 Å². The molecule has 2 fully saturated rings. The van der Waals surface area contributed by atoms with Crippen molar-refractivity contribution in [2.75, 3.05) is 0 Å². The van der Waals surface area contributed by atoms with E-state index in [1.165, 1.54) is 19.9 Å². The highest BCUT2D eigenvalue weighted by molar-refractivity contribution is 5.90. The molecule has 2 aliphatic rings. The first-order valence-corrected chi connectivity index (χ1v) is 12.7. The molecule has 10 atom stereocenters. The maximum absolute atomic E-state index is 13.2. The summed E-state index contributed by atoms with van der Waals surface area (Å²) >= 11 is 0. The number of hydrogen-bond donors (Lipinski definition) is 9. The van der Waals surface area contributed by atoms with E-state index in [0.29, 0.717) is 0 Å². The van der Waals surface area contributed by atoms with Crippen LogP contribution in [0.2, 0.25) is 0 Å². The molecule has 222 valence electrons. The van der Waals surface area contributed by atoms with Gasteiger partial charge in [0.1, 0.15) is 65.4 Å². The summed E-state index contributed by atoms with van der Waals surface area (Å²) in [6.07, 6.45) is -15.2. The van der Waals surface area contributed by atoms with E-state index in [2.05, 4.69) is 0 Å². The molecular formula is C27H30O14. The van der Waals surface area contributed by atoms with Gasteiger partial charge in [-0.05, 0) is 32.0 Å². The van der Waals surface area contributed by atoms with E-state index in [1.54, 1.807) is 0 Å². The van der Waals surface area contributed by atoms with Crippen LogP contribution in [0.4, 0.5) is 0 Å². The van der Waals surface area contributed by atoms with Crippen molar-refractivity contribution in [2.45, 2.75) is 75.1 Å². The average Bonchev–Trinajstić information content (AvgIpc) is 2.93. The summed E-state index contributed by atoms with van der Waals surface area (Å²) in [6.45, 7) is 2.84. The van der Waals surface area contributed by atoms with Crippen LogP contribution in [0, 0.1) is 0 Å². The Labute approximate surface area is 231 Å². The predicted octanol–water partition coefficient (Wildman–Crippen LogP) is -0.674. The molecule has 2 saturated heterocycles.